The summed E-state index contributed by atoms with van der Waals surface area (Å²) in [5.41, 5.74) is 0.556. The summed E-state index contributed by atoms with van der Waals surface area (Å²) in [6.45, 7) is 0. The summed E-state index contributed by atoms with van der Waals surface area (Å²) in [5, 5.41) is 0.689. The lowest BCUT2D eigenvalue weighted by molar-refractivity contribution is 0.437. The van der Waals surface area contributed by atoms with Crippen LogP contribution in [0.3, 0.4) is 0 Å². The van der Waals surface area contributed by atoms with Crippen molar-refractivity contribution in [3.63, 3.8) is 0 Å². The van der Waals surface area contributed by atoms with Gasteiger partial charge < -0.3 is 0 Å². The second kappa shape index (κ2) is 5.72. The maximum absolute atomic E-state index is 12.2. The van der Waals surface area contributed by atoms with E-state index in [9.17, 15) is 8.42 Å². The highest BCUT2D eigenvalue weighted by molar-refractivity contribution is 9.09. The van der Waals surface area contributed by atoms with Crippen molar-refractivity contribution < 1.29 is 8.42 Å². The minimum Gasteiger partial charge on any atom is -0.212 e. The Labute approximate surface area is 117 Å². The number of sulfonamides is 1. The number of halogens is 1. The van der Waals surface area contributed by atoms with Crippen LogP contribution >= 0.6 is 15.9 Å². The van der Waals surface area contributed by atoms with Crippen LogP contribution in [-0.4, -0.2) is 19.3 Å². The fraction of sp³-hybridized carbons (Fsp3) is 0.538. The predicted molar refractivity (Wildman–Crippen MR) is 77.2 cm³/mol. The Hall–Kier alpha value is -0.390. The van der Waals surface area contributed by atoms with E-state index < -0.39 is 10.0 Å². The van der Waals surface area contributed by atoms with Crippen LogP contribution in [0.1, 0.15) is 31.2 Å². The maximum atomic E-state index is 12.2. The molecule has 0 unspecified atom stereocenters. The average molecular weight is 332 g/mol. The summed E-state index contributed by atoms with van der Waals surface area (Å²) in [7, 11) is -3.27. The van der Waals surface area contributed by atoms with Crippen molar-refractivity contribution in [1.29, 1.82) is 0 Å². The minimum absolute atomic E-state index is 0.0581. The third-order valence-electron chi connectivity index (χ3n) is 3.39. The van der Waals surface area contributed by atoms with Crippen molar-refractivity contribution in [2.24, 2.45) is 0 Å². The van der Waals surface area contributed by atoms with Crippen molar-refractivity contribution >= 4 is 26.0 Å². The number of alkyl halides is 1. The molecule has 0 saturated heterocycles. The van der Waals surface area contributed by atoms with Gasteiger partial charge in [0.15, 0.2) is 0 Å². The van der Waals surface area contributed by atoms with Gasteiger partial charge >= 0.3 is 0 Å². The van der Waals surface area contributed by atoms with Gasteiger partial charge in [0.05, 0.1) is 5.75 Å². The number of nitrogens with one attached hydrogen (secondary N) is 1. The van der Waals surface area contributed by atoms with Crippen molar-refractivity contribution in [2.45, 2.75) is 37.0 Å². The molecule has 1 aliphatic carbocycles. The van der Waals surface area contributed by atoms with Gasteiger partial charge in [-0.2, -0.15) is 0 Å². The summed E-state index contributed by atoms with van der Waals surface area (Å²) >= 11 is 3.44. The third-order valence-corrected chi connectivity index (χ3v) is 5.92. The van der Waals surface area contributed by atoms with E-state index in [0.717, 1.165) is 31.2 Å². The lowest BCUT2D eigenvalue weighted by atomic mass is 10.0. The van der Waals surface area contributed by atoms with Crippen molar-refractivity contribution in [1.82, 2.24) is 4.72 Å². The molecule has 0 radical (unpaired) electrons. The smallest absolute Gasteiger partial charge is 0.212 e. The molecule has 5 heteroatoms. The first-order valence-corrected chi connectivity index (χ1v) is 8.94. The van der Waals surface area contributed by atoms with Crippen molar-refractivity contribution in [2.75, 3.05) is 5.33 Å². The van der Waals surface area contributed by atoms with Gasteiger partial charge in [0, 0.05) is 10.9 Å². The van der Waals surface area contributed by atoms with Crippen LogP contribution < -0.4 is 4.72 Å². The fourth-order valence-corrected chi connectivity index (χ4v) is 5.00. The molecule has 0 aromatic heterocycles. The molecular formula is C13H18BrNO2S. The molecule has 100 valence electrons. The number of hydrogen-bond donors (Lipinski definition) is 1. The lowest BCUT2D eigenvalue weighted by Crippen LogP contribution is -2.48. The minimum atomic E-state index is -3.27. The van der Waals surface area contributed by atoms with E-state index in [-0.39, 0.29) is 11.3 Å². The molecule has 0 aliphatic heterocycles. The molecule has 0 spiro atoms. The van der Waals surface area contributed by atoms with Gasteiger partial charge in [-0.3, -0.25) is 0 Å². The molecular weight excluding hydrogens is 314 g/mol. The second-order valence-corrected chi connectivity index (χ2v) is 7.25. The fourth-order valence-electron chi connectivity index (χ4n) is 2.47. The molecule has 1 N–H and O–H groups in total. The Morgan fingerprint density at radius 1 is 1.17 bits per heavy atom. The van der Waals surface area contributed by atoms with Crippen LogP contribution in [0, 0.1) is 0 Å². The van der Waals surface area contributed by atoms with Crippen LogP contribution in [0.2, 0.25) is 0 Å². The highest BCUT2D eigenvalue weighted by Gasteiger charge is 2.36. The van der Waals surface area contributed by atoms with Crippen LogP contribution in [0.25, 0.3) is 0 Å². The summed E-state index contributed by atoms with van der Waals surface area (Å²) in [6, 6.07) is 9.30. The summed E-state index contributed by atoms with van der Waals surface area (Å²) < 4.78 is 27.3. The second-order valence-electron chi connectivity index (χ2n) is 4.97. The molecule has 0 amide bonds. The summed E-state index contributed by atoms with van der Waals surface area (Å²) in [6.07, 6.45) is 4.04. The Morgan fingerprint density at radius 2 is 1.78 bits per heavy atom. The van der Waals surface area contributed by atoms with Gasteiger partial charge in [-0.05, 0) is 18.4 Å². The first-order valence-electron chi connectivity index (χ1n) is 6.17. The van der Waals surface area contributed by atoms with Gasteiger partial charge in [0.1, 0.15) is 0 Å². The Morgan fingerprint density at radius 3 is 2.33 bits per heavy atom. The van der Waals surface area contributed by atoms with Crippen LogP contribution in [-0.2, 0) is 15.8 Å². The van der Waals surface area contributed by atoms with Gasteiger partial charge in [0.25, 0.3) is 0 Å². The van der Waals surface area contributed by atoms with E-state index in [1.807, 2.05) is 30.3 Å². The molecule has 0 heterocycles. The number of hydrogen-bond acceptors (Lipinski definition) is 2. The van der Waals surface area contributed by atoms with Gasteiger partial charge in [-0.1, -0.05) is 59.1 Å². The van der Waals surface area contributed by atoms with E-state index in [4.69, 9.17) is 0 Å². The molecule has 1 saturated carbocycles. The molecule has 1 aromatic rings. The Balaban J connectivity index is 2.08. The third kappa shape index (κ3) is 3.56. The molecule has 0 bridgehead atoms. The van der Waals surface area contributed by atoms with E-state index in [2.05, 4.69) is 20.7 Å². The zero-order valence-electron chi connectivity index (χ0n) is 10.2. The van der Waals surface area contributed by atoms with Crippen LogP contribution in [0.5, 0.6) is 0 Å². The van der Waals surface area contributed by atoms with Crippen LogP contribution in [0.4, 0.5) is 0 Å². The van der Waals surface area contributed by atoms with E-state index in [0.29, 0.717) is 5.33 Å². The zero-order chi connectivity index (χ0) is 13.1. The quantitative estimate of drug-likeness (QED) is 0.843. The normalized spacial score (nSPS) is 18.9. The molecule has 1 aliphatic rings. The van der Waals surface area contributed by atoms with E-state index in [1.54, 1.807) is 0 Å². The monoisotopic (exact) mass is 331 g/mol. The van der Waals surface area contributed by atoms with Crippen molar-refractivity contribution in [3.8, 4) is 0 Å². The first kappa shape index (κ1) is 14.0. The summed E-state index contributed by atoms with van der Waals surface area (Å²) in [5.74, 6) is 0.0581. The maximum Gasteiger partial charge on any atom is 0.216 e. The topological polar surface area (TPSA) is 46.2 Å². The van der Waals surface area contributed by atoms with Gasteiger partial charge in [-0.15, -0.1) is 0 Å². The predicted octanol–water partition coefficient (Wildman–Crippen LogP) is 2.81. The average Bonchev–Trinajstić information content (AvgIpc) is 2.78. The van der Waals surface area contributed by atoms with E-state index in [1.165, 1.54) is 0 Å². The first-order chi connectivity index (χ1) is 8.55. The number of benzene rings is 1. The van der Waals surface area contributed by atoms with Crippen molar-refractivity contribution in [3.05, 3.63) is 35.9 Å². The van der Waals surface area contributed by atoms with Gasteiger partial charge in [-0.25, -0.2) is 13.1 Å². The lowest BCUT2D eigenvalue weighted by Gasteiger charge is -2.27. The molecule has 1 fully saturated rings. The molecule has 2 rings (SSSR count). The zero-order valence-corrected chi connectivity index (χ0v) is 12.6. The largest absolute Gasteiger partial charge is 0.216 e. The molecule has 0 atom stereocenters. The Kier molecular flexibility index (Phi) is 4.45. The highest BCUT2D eigenvalue weighted by atomic mass is 79.9. The Bertz CT molecular complexity index is 481. The standard InChI is InChI=1S/C13H18BrNO2S/c14-11-13(8-4-5-9-13)15-18(16,17)10-12-6-2-1-3-7-12/h1-3,6-7,15H,4-5,8-11H2. The molecule has 18 heavy (non-hydrogen) atoms. The number of rotatable bonds is 5. The van der Waals surface area contributed by atoms with Gasteiger partial charge in [0.2, 0.25) is 10.0 Å². The van der Waals surface area contributed by atoms with Crippen LogP contribution in [0.15, 0.2) is 30.3 Å². The highest BCUT2D eigenvalue weighted by Crippen LogP contribution is 2.32. The SMILES string of the molecule is O=S(=O)(Cc1ccccc1)NC1(CBr)CCCC1. The van der Waals surface area contributed by atoms with E-state index >= 15 is 0 Å². The summed E-state index contributed by atoms with van der Waals surface area (Å²) in [4.78, 5) is 0. The molecule has 1 aromatic carbocycles. The molecule has 3 nitrogen and oxygen atoms in total.